The van der Waals surface area contributed by atoms with Crippen molar-refractivity contribution in [3.05, 3.63) is 16.1 Å². The van der Waals surface area contributed by atoms with Gasteiger partial charge in [-0.05, 0) is 6.92 Å². The molecule has 0 aromatic carbocycles. The maximum Gasteiger partial charge on any atom is 0.224 e. The maximum absolute atomic E-state index is 11.7. The molecule has 3 N–H and O–H groups in total. The number of nitrogens with one attached hydrogen (secondary N) is 1. The highest BCUT2D eigenvalue weighted by molar-refractivity contribution is 7.09. The Morgan fingerprint density at radius 3 is 2.56 bits per heavy atom. The van der Waals surface area contributed by atoms with Crippen molar-refractivity contribution >= 4 is 17.2 Å². The SMILES string of the molecule is CC(N)C(C)C(=O)NCc1nc(C(C)(C)C)cs1. The Hall–Kier alpha value is -0.940. The van der Waals surface area contributed by atoms with Crippen LogP contribution in [0.4, 0.5) is 0 Å². The number of carbonyl (C=O) groups excluding carboxylic acids is 1. The predicted octanol–water partition coefficient (Wildman–Crippen LogP) is 2.04. The van der Waals surface area contributed by atoms with E-state index in [4.69, 9.17) is 5.73 Å². The van der Waals surface area contributed by atoms with E-state index in [1.807, 2.05) is 13.8 Å². The van der Waals surface area contributed by atoms with E-state index in [2.05, 4.69) is 36.5 Å². The average molecular weight is 269 g/mol. The van der Waals surface area contributed by atoms with Gasteiger partial charge in [0.2, 0.25) is 5.91 Å². The van der Waals surface area contributed by atoms with E-state index in [0.29, 0.717) is 6.54 Å². The Bertz CT molecular complexity index is 407. The fourth-order valence-corrected chi connectivity index (χ4v) is 2.26. The van der Waals surface area contributed by atoms with Gasteiger partial charge in [-0.2, -0.15) is 0 Å². The summed E-state index contributed by atoms with van der Waals surface area (Å²) in [5, 5.41) is 5.86. The van der Waals surface area contributed by atoms with Crippen molar-refractivity contribution in [2.75, 3.05) is 0 Å². The lowest BCUT2D eigenvalue weighted by molar-refractivity contribution is -0.125. The number of nitrogens with two attached hydrogens (primary N) is 1. The number of carbonyl (C=O) groups is 1. The van der Waals surface area contributed by atoms with Crippen LogP contribution in [0.15, 0.2) is 5.38 Å². The number of hydrogen-bond donors (Lipinski definition) is 2. The van der Waals surface area contributed by atoms with Gasteiger partial charge in [0.25, 0.3) is 0 Å². The van der Waals surface area contributed by atoms with Crippen molar-refractivity contribution in [1.29, 1.82) is 0 Å². The standard InChI is InChI=1S/C13H23N3OS/c1-8(9(2)14)12(17)15-6-11-16-10(7-18-11)13(3,4)5/h7-9H,6,14H2,1-5H3,(H,15,17). The molecule has 102 valence electrons. The molecule has 2 atom stereocenters. The highest BCUT2D eigenvalue weighted by Gasteiger charge is 2.19. The summed E-state index contributed by atoms with van der Waals surface area (Å²) in [5.74, 6) is -0.190. The van der Waals surface area contributed by atoms with E-state index >= 15 is 0 Å². The third-order valence-electron chi connectivity index (χ3n) is 2.94. The van der Waals surface area contributed by atoms with E-state index in [1.165, 1.54) is 0 Å². The van der Waals surface area contributed by atoms with Crippen LogP contribution in [0.1, 0.15) is 45.3 Å². The third-order valence-corrected chi connectivity index (χ3v) is 3.79. The Morgan fingerprint density at radius 2 is 2.11 bits per heavy atom. The summed E-state index contributed by atoms with van der Waals surface area (Å²) in [4.78, 5) is 16.3. The van der Waals surface area contributed by atoms with Gasteiger partial charge in [-0.15, -0.1) is 11.3 Å². The molecule has 0 aliphatic rings. The minimum absolute atomic E-state index is 0.0162. The molecule has 2 unspecified atom stereocenters. The van der Waals surface area contributed by atoms with Crippen LogP contribution in [0.25, 0.3) is 0 Å². The summed E-state index contributed by atoms with van der Waals surface area (Å²) in [6, 6.07) is -0.133. The molecule has 0 saturated carbocycles. The molecule has 1 amide bonds. The van der Waals surface area contributed by atoms with Crippen molar-refractivity contribution in [1.82, 2.24) is 10.3 Å². The number of aromatic nitrogens is 1. The maximum atomic E-state index is 11.7. The molecule has 0 aliphatic heterocycles. The fraction of sp³-hybridized carbons (Fsp3) is 0.692. The molecule has 1 heterocycles. The second kappa shape index (κ2) is 5.80. The molecule has 0 bridgehead atoms. The lowest BCUT2D eigenvalue weighted by Gasteiger charge is -2.15. The number of nitrogens with zero attached hydrogens (tertiary/aromatic N) is 1. The van der Waals surface area contributed by atoms with E-state index < -0.39 is 0 Å². The van der Waals surface area contributed by atoms with Crippen LogP contribution >= 0.6 is 11.3 Å². The Morgan fingerprint density at radius 1 is 1.50 bits per heavy atom. The highest BCUT2D eigenvalue weighted by Crippen LogP contribution is 2.23. The van der Waals surface area contributed by atoms with Gasteiger partial charge in [-0.1, -0.05) is 27.7 Å². The number of hydrogen-bond acceptors (Lipinski definition) is 4. The Balaban J connectivity index is 2.55. The zero-order chi connectivity index (χ0) is 13.9. The van der Waals surface area contributed by atoms with Gasteiger partial charge < -0.3 is 11.1 Å². The summed E-state index contributed by atoms with van der Waals surface area (Å²) in [6.07, 6.45) is 0. The summed E-state index contributed by atoms with van der Waals surface area (Å²) in [6.45, 7) is 10.5. The zero-order valence-electron chi connectivity index (χ0n) is 11.8. The van der Waals surface area contributed by atoms with Crippen LogP contribution in [0, 0.1) is 5.92 Å². The van der Waals surface area contributed by atoms with Crippen LogP contribution in [-0.4, -0.2) is 16.9 Å². The molecular formula is C13H23N3OS. The zero-order valence-corrected chi connectivity index (χ0v) is 12.6. The molecule has 0 fully saturated rings. The molecule has 1 rings (SSSR count). The van der Waals surface area contributed by atoms with Crippen molar-refractivity contribution in [2.45, 2.75) is 52.6 Å². The molecule has 1 aromatic rings. The molecule has 5 heteroatoms. The van der Waals surface area contributed by atoms with Gasteiger partial charge in [-0.25, -0.2) is 4.98 Å². The van der Waals surface area contributed by atoms with Crippen molar-refractivity contribution in [2.24, 2.45) is 11.7 Å². The molecule has 0 aliphatic carbocycles. The number of rotatable bonds is 4. The second-order valence-electron chi connectivity index (χ2n) is 5.74. The van der Waals surface area contributed by atoms with Gasteiger partial charge in [0.05, 0.1) is 12.2 Å². The fourth-order valence-electron chi connectivity index (χ4n) is 1.30. The monoisotopic (exact) mass is 269 g/mol. The lowest BCUT2D eigenvalue weighted by atomic mass is 9.93. The lowest BCUT2D eigenvalue weighted by Crippen LogP contribution is -2.38. The van der Waals surface area contributed by atoms with Crippen molar-refractivity contribution < 1.29 is 4.79 Å². The molecule has 0 spiro atoms. The molecule has 0 radical (unpaired) electrons. The van der Waals surface area contributed by atoms with Gasteiger partial charge in [0.1, 0.15) is 5.01 Å². The van der Waals surface area contributed by atoms with E-state index in [-0.39, 0.29) is 23.3 Å². The smallest absolute Gasteiger partial charge is 0.224 e. The summed E-state index contributed by atoms with van der Waals surface area (Å²) in [5.41, 5.74) is 6.81. The van der Waals surface area contributed by atoms with E-state index in [9.17, 15) is 4.79 Å². The van der Waals surface area contributed by atoms with Gasteiger partial charge in [-0.3, -0.25) is 4.79 Å². The van der Waals surface area contributed by atoms with Gasteiger partial charge in [0.15, 0.2) is 0 Å². The van der Waals surface area contributed by atoms with E-state index in [1.54, 1.807) is 11.3 Å². The third kappa shape index (κ3) is 4.07. The topological polar surface area (TPSA) is 68.0 Å². The first-order valence-corrected chi connectivity index (χ1v) is 7.08. The van der Waals surface area contributed by atoms with Gasteiger partial charge in [0, 0.05) is 22.8 Å². The van der Waals surface area contributed by atoms with Crippen molar-refractivity contribution in [3.8, 4) is 0 Å². The number of amides is 1. The van der Waals surface area contributed by atoms with Crippen molar-refractivity contribution in [3.63, 3.8) is 0 Å². The predicted molar refractivity (Wildman–Crippen MR) is 75.5 cm³/mol. The summed E-state index contributed by atoms with van der Waals surface area (Å²) < 4.78 is 0. The summed E-state index contributed by atoms with van der Waals surface area (Å²) in [7, 11) is 0. The first-order valence-electron chi connectivity index (χ1n) is 6.20. The highest BCUT2D eigenvalue weighted by atomic mass is 32.1. The normalized spacial score (nSPS) is 15.2. The number of thiazole rings is 1. The summed E-state index contributed by atoms with van der Waals surface area (Å²) >= 11 is 1.58. The molecule has 4 nitrogen and oxygen atoms in total. The van der Waals surface area contributed by atoms with E-state index in [0.717, 1.165) is 10.7 Å². The molecular weight excluding hydrogens is 246 g/mol. The molecule has 1 aromatic heterocycles. The Labute approximate surface area is 113 Å². The van der Waals surface area contributed by atoms with Crippen LogP contribution in [0.3, 0.4) is 0 Å². The second-order valence-corrected chi connectivity index (χ2v) is 6.68. The minimum Gasteiger partial charge on any atom is -0.349 e. The minimum atomic E-state index is -0.174. The average Bonchev–Trinajstić information content (AvgIpc) is 2.72. The van der Waals surface area contributed by atoms with Crippen LogP contribution in [-0.2, 0) is 16.8 Å². The Kier molecular flexibility index (Phi) is 4.87. The quantitative estimate of drug-likeness (QED) is 0.879. The molecule has 0 saturated heterocycles. The van der Waals surface area contributed by atoms with Gasteiger partial charge >= 0.3 is 0 Å². The largest absolute Gasteiger partial charge is 0.349 e. The first kappa shape index (κ1) is 15.1. The first-order chi connectivity index (χ1) is 8.21. The van der Waals surface area contributed by atoms with Crippen LogP contribution < -0.4 is 11.1 Å². The van der Waals surface area contributed by atoms with Crippen LogP contribution in [0.5, 0.6) is 0 Å². The van der Waals surface area contributed by atoms with Crippen LogP contribution in [0.2, 0.25) is 0 Å². The molecule has 18 heavy (non-hydrogen) atoms.